The second-order valence-electron chi connectivity index (χ2n) is 5.78. The number of unbranched alkanes of at least 4 members (excludes halogenated alkanes) is 3. The maximum Gasteiger partial charge on any atom is 0.303 e. The summed E-state index contributed by atoms with van der Waals surface area (Å²) < 4.78 is 0. The van der Waals surface area contributed by atoms with Crippen LogP contribution in [-0.2, 0) is 4.79 Å². The molecule has 0 radical (unpaired) electrons. The topological polar surface area (TPSA) is 77.8 Å². The Morgan fingerprint density at radius 2 is 1.58 bits per heavy atom. The molecular formula is C20H32O4. The number of carbonyl (C=O) groups is 1. The van der Waals surface area contributed by atoms with Gasteiger partial charge in [0.25, 0.3) is 0 Å². The summed E-state index contributed by atoms with van der Waals surface area (Å²) in [5, 5.41) is 27.9. The van der Waals surface area contributed by atoms with Crippen LogP contribution < -0.4 is 0 Å². The van der Waals surface area contributed by atoms with Crippen LogP contribution in [0.5, 0.6) is 0 Å². The summed E-state index contributed by atoms with van der Waals surface area (Å²) in [7, 11) is 0. The molecule has 0 saturated heterocycles. The van der Waals surface area contributed by atoms with Crippen LogP contribution in [0, 0.1) is 0 Å². The number of carboxylic acid groups (broad SMARTS) is 1. The lowest BCUT2D eigenvalue weighted by Crippen LogP contribution is -2.03. The predicted octanol–water partition coefficient (Wildman–Crippen LogP) is 4.16. The normalized spacial score (nSPS) is 15.1. The molecule has 0 rings (SSSR count). The Morgan fingerprint density at radius 3 is 2.21 bits per heavy atom. The van der Waals surface area contributed by atoms with E-state index in [0.717, 1.165) is 6.42 Å². The van der Waals surface area contributed by atoms with Gasteiger partial charge in [-0.3, -0.25) is 4.79 Å². The fraction of sp³-hybridized carbons (Fsp3) is 0.550. The zero-order valence-corrected chi connectivity index (χ0v) is 14.7. The van der Waals surface area contributed by atoms with Crippen LogP contribution in [0.2, 0.25) is 0 Å². The van der Waals surface area contributed by atoms with Crippen LogP contribution in [0.25, 0.3) is 0 Å². The third-order valence-corrected chi connectivity index (χ3v) is 3.41. The highest BCUT2D eigenvalue weighted by Gasteiger charge is 2.01. The number of rotatable bonds is 14. The molecule has 0 aromatic rings. The van der Waals surface area contributed by atoms with E-state index in [-0.39, 0.29) is 6.42 Å². The largest absolute Gasteiger partial charge is 0.481 e. The molecule has 136 valence electrons. The van der Waals surface area contributed by atoms with Gasteiger partial charge in [-0.25, -0.2) is 0 Å². The summed E-state index contributed by atoms with van der Waals surface area (Å²) in [6, 6.07) is 0. The maximum absolute atomic E-state index is 10.3. The van der Waals surface area contributed by atoms with Gasteiger partial charge < -0.3 is 15.3 Å². The molecule has 0 amide bonds. The Balaban J connectivity index is 3.81. The third-order valence-electron chi connectivity index (χ3n) is 3.41. The van der Waals surface area contributed by atoms with Gasteiger partial charge in [0.1, 0.15) is 0 Å². The third kappa shape index (κ3) is 16.7. The molecule has 0 fully saturated rings. The first kappa shape index (κ1) is 22.4. The smallest absolute Gasteiger partial charge is 0.303 e. The predicted molar refractivity (Wildman–Crippen MR) is 98.8 cm³/mol. The molecule has 2 atom stereocenters. The average molecular weight is 336 g/mol. The lowest BCUT2D eigenvalue weighted by molar-refractivity contribution is -0.137. The summed E-state index contributed by atoms with van der Waals surface area (Å²) in [5.74, 6) is -0.842. The Hall–Kier alpha value is -1.65. The lowest BCUT2D eigenvalue weighted by atomic mass is 10.1. The molecule has 1 unspecified atom stereocenters. The fourth-order valence-corrected chi connectivity index (χ4v) is 2.02. The number of hydrogen-bond donors (Lipinski definition) is 3. The fourth-order valence-electron chi connectivity index (χ4n) is 2.02. The zero-order valence-electron chi connectivity index (χ0n) is 14.7. The van der Waals surface area contributed by atoms with E-state index in [2.05, 4.69) is 13.0 Å². The number of allylic oxidation sites excluding steroid dienone is 5. The van der Waals surface area contributed by atoms with Crippen molar-refractivity contribution >= 4 is 5.97 Å². The van der Waals surface area contributed by atoms with Crippen LogP contribution in [0.3, 0.4) is 0 Å². The first-order chi connectivity index (χ1) is 11.6. The molecule has 0 heterocycles. The second kappa shape index (κ2) is 16.2. The van der Waals surface area contributed by atoms with Crippen LogP contribution in [0.1, 0.15) is 58.3 Å². The van der Waals surface area contributed by atoms with Crippen molar-refractivity contribution < 1.29 is 20.1 Å². The summed E-state index contributed by atoms with van der Waals surface area (Å²) in [6.45, 7) is 2.18. The van der Waals surface area contributed by atoms with Crippen molar-refractivity contribution in [3.63, 3.8) is 0 Å². The molecule has 4 heteroatoms. The average Bonchev–Trinajstić information content (AvgIpc) is 2.53. The van der Waals surface area contributed by atoms with Gasteiger partial charge in [-0.2, -0.15) is 0 Å². The summed E-state index contributed by atoms with van der Waals surface area (Å²) in [6.07, 6.45) is 19.8. The van der Waals surface area contributed by atoms with E-state index >= 15 is 0 Å². The molecule has 3 N–H and O–H groups in total. The molecule has 24 heavy (non-hydrogen) atoms. The molecule has 0 aliphatic heterocycles. The minimum atomic E-state index is -0.842. The second-order valence-corrected chi connectivity index (χ2v) is 5.78. The van der Waals surface area contributed by atoms with Crippen LogP contribution in [0.15, 0.2) is 48.6 Å². The van der Waals surface area contributed by atoms with E-state index in [4.69, 9.17) is 5.11 Å². The summed E-state index contributed by atoms with van der Waals surface area (Å²) in [5.41, 5.74) is 0. The Morgan fingerprint density at radius 1 is 0.917 bits per heavy atom. The molecule has 0 aromatic heterocycles. The zero-order chi connectivity index (χ0) is 18.0. The van der Waals surface area contributed by atoms with Crippen molar-refractivity contribution in [3.05, 3.63) is 48.6 Å². The number of hydrogen-bond acceptors (Lipinski definition) is 3. The van der Waals surface area contributed by atoms with Gasteiger partial charge in [-0.1, -0.05) is 68.4 Å². The van der Waals surface area contributed by atoms with Crippen molar-refractivity contribution in [2.24, 2.45) is 0 Å². The highest BCUT2D eigenvalue weighted by molar-refractivity contribution is 5.66. The van der Waals surface area contributed by atoms with Crippen LogP contribution in [0.4, 0.5) is 0 Å². The highest BCUT2D eigenvalue weighted by Crippen LogP contribution is 2.03. The van der Waals surface area contributed by atoms with Crippen molar-refractivity contribution in [1.82, 2.24) is 0 Å². The molecule has 4 nitrogen and oxygen atoms in total. The Kier molecular flexibility index (Phi) is 15.1. The molecule has 0 spiro atoms. The Bertz CT molecular complexity index is 421. The molecule has 0 aliphatic carbocycles. The van der Waals surface area contributed by atoms with Gasteiger partial charge in [0.15, 0.2) is 0 Å². The van der Waals surface area contributed by atoms with Crippen LogP contribution in [-0.4, -0.2) is 33.5 Å². The molecule has 0 saturated carbocycles. The minimum absolute atomic E-state index is 0.0778. The van der Waals surface area contributed by atoms with Gasteiger partial charge in [0.05, 0.1) is 12.2 Å². The Labute approximate surface area is 145 Å². The van der Waals surface area contributed by atoms with Gasteiger partial charge >= 0.3 is 5.97 Å². The van der Waals surface area contributed by atoms with Crippen LogP contribution >= 0.6 is 0 Å². The molecule has 0 aromatic carbocycles. The van der Waals surface area contributed by atoms with Crippen molar-refractivity contribution in [1.29, 1.82) is 0 Å². The molecule has 0 bridgehead atoms. The molecule has 0 aliphatic rings. The SMILES string of the molecule is CCCCC/C=C\CC(O)/C=C/C=C/C=C\[C@H](O)CCCC(=O)O. The first-order valence-corrected chi connectivity index (χ1v) is 8.80. The van der Waals surface area contributed by atoms with E-state index < -0.39 is 18.2 Å². The maximum atomic E-state index is 10.3. The quantitative estimate of drug-likeness (QED) is 0.253. The number of aliphatic hydroxyl groups excluding tert-OH is 2. The number of carboxylic acids is 1. The van der Waals surface area contributed by atoms with Crippen molar-refractivity contribution in [3.8, 4) is 0 Å². The summed E-state index contributed by atoms with van der Waals surface area (Å²) >= 11 is 0. The van der Waals surface area contributed by atoms with E-state index in [1.54, 1.807) is 36.5 Å². The van der Waals surface area contributed by atoms with E-state index in [0.29, 0.717) is 19.3 Å². The van der Waals surface area contributed by atoms with E-state index in [1.165, 1.54) is 19.3 Å². The van der Waals surface area contributed by atoms with Crippen molar-refractivity contribution in [2.75, 3.05) is 0 Å². The van der Waals surface area contributed by atoms with E-state index in [1.807, 2.05) is 6.08 Å². The first-order valence-electron chi connectivity index (χ1n) is 8.80. The minimum Gasteiger partial charge on any atom is -0.481 e. The number of aliphatic carboxylic acids is 1. The lowest BCUT2D eigenvalue weighted by Gasteiger charge is -2.02. The van der Waals surface area contributed by atoms with Gasteiger partial charge in [-0.15, -0.1) is 0 Å². The standard InChI is InChI=1S/C20H32O4/c1-2-3-4-5-6-9-13-18(21)14-10-7-8-11-15-19(22)16-12-17-20(23)24/h6-11,14-15,18-19,21-22H,2-5,12-13,16-17H2,1H3,(H,23,24)/b8-7+,9-6-,14-10+,15-11-/t18?,19-/m0/s1. The summed E-state index contributed by atoms with van der Waals surface area (Å²) in [4.78, 5) is 10.3. The van der Waals surface area contributed by atoms with Crippen molar-refractivity contribution in [2.45, 2.75) is 70.5 Å². The highest BCUT2D eigenvalue weighted by atomic mass is 16.4. The monoisotopic (exact) mass is 336 g/mol. The number of aliphatic hydroxyl groups is 2. The molecular weight excluding hydrogens is 304 g/mol. The van der Waals surface area contributed by atoms with E-state index in [9.17, 15) is 15.0 Å². The van der Waals surface area contributed by atoms with Gasteiger partial charge in [0, 0.05) is 6.42 Å². The van der Waals surface area contributed by atoms with Gasteiger partial charge in [0.2, 0.25) is 0 Å². The van der Waals surface area contributed by atoms with Gasteiger partial charge in [-0.05, 0) is 32.1 Å².